The zero-order chi connectivity index (χ0) is 19.8. The van der Waals surface area contributed by atoms with E-state index in [1.165, 1.54) is 25.6 Å². The fourth-order valence-corrected chi connectivity index (χ4v) is 5.77. The van der Waals surface area contributed by atoms with Crippen LogP contribution >= 0.6 is 11.3 Å². The number of rotatable bonds is 6. The van der Waals surface area contributed by atoms with Crippen LogP contribution in [0.5, 0.6) is 11.5 Å². The van der Waals surface area contributed by atoms with Crippen LogP contribution in [0.2, 0.25) is 0 Å². The third-order valence-electron chi connectivity index (χ3n) is 4.00. The third kappa shape index (κ3) is 3.65. The van der Waals surface area contributed by atoms with Gasteiger partial charge in [0.25, 0.3) is 10.0 Å². The van der Waals surface area contributed by atoms with Crippen LogP contribution < -0.4 is 14.2 Å². The number of aromatic nitrogens is 1. The van der Waals surface area contributed by atoms with Crippen molar-refractivity contribution in [3.63, 3.8) is 0 Å². The van der Waals surface area contributed by atoms with Crippen LogP contribution in [-0.4, -0.2) is 27.8 Å². The van der Waals surface area contributed by atoms with Crippen molar-refractivity contribution >= 4 is 27.0 Å². The van der Waals surface area contributed by atoms with Gasteiger partial charge >= 0.3 is 0 Å². The average molecular weight is 409 g/mol. The van der Waals surface area contributed by atoms with E-state index >= 15 is 0 Å². The lowest BCUT2D eigenvalue weighted by molar-refractivity contribution is 0.405. The molecule has 144 valence electrons. The first-order chi connectivity index (χ1) is 12.8. The van der Waals surface area contributed by atoms with Gasteiger partial charge in [-0.25, -0.2) is 8.42 Å². The highest BCUT2D eigenvalue weighted by Crippen LogP contribution is 2.41. The van der Waals surface area contributed by atoms with E-state index in [4.69, 9.17) is 14.0 Å². The molecule has 0 bridgehead atoms. The fraction of sp³-hybridized carbons (Fsp3) is 0.278. The normalized spacial score (nSPS) is 11.4. The molecule has 0 aliphatic carbocycles. The molecule has 0 radical (unpaired) electrons. The molecule has 0 aliphatic heterocycles. The summed E-state index contributed by atoms with van der Waals surface area (Å²) in [6.45, 7) is 5.41. The molecule has 9 heteroatoms. The van der Waals surface area contributed by atoms with Crippen LogP contribution in [0.1, 0.15) is 15.4 Å². The second kappa shape index (κ2) is 7.24. The summed E-state index contributed by atoms with van der Waals surface area (Å²) in [4.78, 5) is 1.67. The molecule has 0 fully saturated rings. The van der Waals surface area contributed by atoms with Crippen LogP contribution in [0.15, 0.2) is 33.7 Å². The van der Waals surface area contributed by atoms with E-state index in [-0.39, 0.29) is 4.90 Å². The van der Waals surface area contributed by atoms with Crippen LogP contribution in [0.3, 0.4) is 0 Å². The molecule has 2 aromatic heterocycles. The smallest absolute Gasteiger partial charge is 0.263 e. The van der Waals surface area contributed by atoms with Crippen molar-refractivity contribution in [2.45, 2.75) is 25.7 Å². The van der Waals surface area contributed by atoms with Crippen LogP contribution in [0, 0.1) is 20.8 Å². The Morgan fingerprint density at radius 2 is 1.81 bits per heavy atom. The molecule has 0 saturated heterocycles. The molecule has 3 aromatic rings. The molecule has 2 heterocycles. The first-order valence-electron chi connectivity index (χ1n) is 8.05. The van der Waals surface area contributed by atoms with Gasteiger partial charge in [0.2, 0.25) is 0 Å². The van der Waals surface area contributed by atoms with E-state index in [1.54, 1.807) is 38.1 Å². The molecule has 7 nitrogen and oxygen atoms in total. The van der Waals surface area contributed by atoms with E-state index < -0.39 is 10.0 Å². The van der Waals surface area contributed by atoms with Crippen molar-refractivity contribution < 1.29 is 22.4 Å². The summed E-state index contributed by atoms with van der Waals surface area (Å²) in [5, 5.41) is 3.88. The third-order valence-corrected chi connectivity index (χ3v) is 6.69. The zero-order valence-electron chi connectivity index (χ0n) is 15.6. The Balaban J connectivity index is 2.12. The molecule has 1 N–H and O–H groups in total. The lowest BCUT2D eigenvalue weighted by Crippen LogP contribution is -2.15. The first-order valence-corrected chi connectivity index (χ1v) is 10.3. The Morgan fingerprint density at radius 3 is 2.41 bits per heavy atom. The molecular weight excluding hydrogens is 388 g/mol. The number of benzene rings is 1. The first kappa shape index (κ1) is 19.2. The minimum absolute atomic E-state index is 0.172. The molecular formula is C18H20N2O5S2. The molecule has 0 amide bonds. The Kier molecular flexibility index (Phi) is 5.16. The topological polar surface area (TPSA) is 90.7 Å². The lowest BCUT2D eigenvalue weighted by Gasteiger charge is -2.14. The summed E-state index contributed by atoms with van der Waals surface area (Å²) in [6, 6.07) is 6.63. The quantitative estimate of drug-likeness (QED) is 0.659. The maximum absolute atomic E-state index is 13.2. The van der Waals surface area contributed by atoms with Gasteiger partial charge in [-0.3, -0.25) is 4.72 Å². The number of thiophene rings is 1. The van der Waals surface area contributed by atoms with Gasteiger partial charge in [0.05, 0.1) is 31.2 Å². The average Bonchev–Trinajstić information content (AvgIpc) is 3.16. The van der Waals surface area contributed by atoms with Crippen LogP contribution in [-0.2, 0) is 10.0 Å². The molecule has 0 unspecified atom stereocenters. The van der Waals surface area contributed by atoms with Gasteiger partial charge in [0.15, 0.2) is 5.76 Å². The maximum Gasteiger partial charge on any atom is 0.263 e. The summed E-state index contributed by atoms with van der Waals surface area (Å²) in [5.74, 6) is 1.33. The van der Waals surface area contributed by atoms with Crippen molar-refractivity contribution in [2.24, 2.45) is 0 Å². The fourth-order valence-electron chi connectivity index (χ4n) is 2.84. The Bertz CT molecular complexity index is 1080. The number of aryl methyl sites for hydroxylation is 3. The van der Waals surface area contributed by atoms with Crippen molar-refractivity contribution in [3.05, 3.63) is 39.7 Å². The second-order valence-electron chi connectivity index (χ2n) is 5.92. The molecule has 0 saturated carbocycles. The number of nitrogens with one attached hydrogen (secondary N) is 1. The monoisotopic (exact) mass is 408 g/mol. The summed E-state index contributed by atoms with van der Waals surface area (Å²) < 4.78 is 44.9. The van der Waals surface area contributed by atoms with Crippen LogP contribution in [0.4, 0.5) is 5.69 Å². The van der Waals surface area contributed by atoms with Gasteiger partial charge in [-0.1, -0.05) is 5.16 Å². The zero-order valence-corrected chi connectivity index (χ0v) is 17.2. The highest BCUT2D eigenvalue weighted by atomic mass is 32.2. The molecule has 0 aliphatic rings. The van der Waals surface area contributed by atoms with Crippen molar-refractivity contribution in [3.8, 4) is 22.8 Å². The molecule has 3 rings (SSSR count). The number of hydrogen-bond donors (Lipinski definition) is 1. The SMILES string of the molecule is COc1ccc(OC)c(NS(=O)(=O)c2c(C)sc(C)c2-c2cc(C)no2)c1. The molecule has 1 aromatic carbocycles. The van der Waals surface area contributed by atoms with E-state index in [1.807, 2.05) is 6.92 Å². The summed E-state index contributed by atoms with van der Waals surface area (Å²) in [7, 11) is -0.928. The van der Waals surface area contributed by atoms with E-state index in [9.17, 15) is 8.42 Å². The Labute approximate surface area is 162 Å². The van der Waals surface area contributed by atoms with Gasteiger partial charge in [-0.05, 0) is 32.9 Å². The number of nitrogens with zero attached hydrogens (tertiary/aromatic N) is 1. The van der Waals surface area contributed by atoms with Crippen LogP contribution in [0.25, 0.3) is 11.3 Å². The predicted molar refractivity (Wildman–Crippen MR) is 104 cm³/mol. The largest absolute Gasteiger partial charge is 0.497 e. The highest BCUT2D eigenvalue weighted by Gasteiger charge is 2.29. The van der Waals surface area contributed by atoms with E-state index in [0.717, 1.165) is 4.88 Å². The molecule has 0 atom stereocenters. The predicted octanol–water partition coefficient (Wildman–Crippen LogP) is 4.15. The van der Waals surface area contributed by atoms with Crippen molar-refractivity contribution in [1.82, 2.24) is 5.16 Å². The maximum atomic E-state index is 13.2. The Hall–Kier alpha value is -2.52. The summed E-state index contributed by atoms with van der Waals surface area (Å²) in [6.07, 6.45) is 0. The van der Waals surface area contributed by atoms with Gasteiger partial charge in [0.1, 0.15) is 16.4 Å². The van der Waals surface area contributed by atoms with Crippen molar-refractivity contribution in [2.75, 3.05) is 18.9 Å². The highest BCUT2D eigenvalue weighted by molar-refractivity contribution is 7.93. The van der Waals surface area contributed by atoms with Gasteiger partial charge < -0.3 is 14.0 Å². The number of ether oxygens (including phenoxy) is 2. The number of hydrogen-bond acceptors (Lipinski definition) is 7. The molecule has 0 spiro atoms. The lowest BCUT2D eigenvalue weighted by atomic mass is 10.2. The van der Waals surface area contributed by atoms with E-state index in [2.05, 4.69) is 9.88 Å². The minimum atomic E-state index is -3.91. The summed E-state index contributed by atoms with van der Waals surface area (Å²) >= 11 is 1.39. The number of anilines is 1. The minimum Gasteiger partial charge on any atom is -0.497 e. The van der Waals surface area contributed by atoms with Gasteiger partial charge in [-0.15, -0.1) is 11.3 Å². The Morgan fingerprint density at radius 1 is 1.07 bits per heavy atom. The summed E-state index contributed by atoms with van der Waals surface area (Å²) in [5.41, 5.74) is 1.49. The van der Waals surface area contributed by atoms with Gasteiger partial charge in [-0.2, -0.15) is 0 Å². The number of methoxy groups -OCH3 is 2. The van der Waals surface area contributed by atoms with Crippen molar-refractivity contribution in [1.29, 1.82) is 0 Å². The van der Waals surface area contributed by atoms with E-state index in [0.29, 0.717) is 39.1 Å². The second-order valence-corrected chi connectivity index (χ2v) is 8.97. The standard InChI is InChI=1S/C18H20N2O5S2/c1-10-8-16(25-19-10)17-11(2)26-12(3)18(17)27(21,22)20-14-9-13(23-4)6-7-15(14)24-5/h6-9,20H,1-5H3. The number of sulfonamides is 1. The van der Waals surface area contributed by atoms with Gasteiger partial charge in [0, 0.05) is 21.9 Å². The molecule has 27 heavy (non-hydrogen) atoms.